The number of Topliss-reactive ketones (excluding diaryl/α,β-unsaturated/α-hetero) is 1. The van der Waals surface area contributed by atoms with Crippen LogP contribution in [-0.2, 0) is 16.1 Å². The Morgan fingerprint density at radius 3 is 2.45 bits per heavy atom. The molecule has 0 atom stereocenters. The summed E-state index contributed by atoms with van der Waals surface area (Å²) in [6, 6.07) is 12.9. The van der Waals surface area contributed by atoms with Gasteiger partial charge in [0.25, 0.3) is 5.78 Å². The molecular formula is C17H15FO4. The number of carbonyl (C=O) groups is 2. The Balaban J connectivity index is 2.06. The van der Waals surface area contributed by atoms with Crippen molar-refractivity contribution in [3.8, 4) is 5.75 Å². The van der Waals surface area contributed by atoms with Crippen LogP contribution in [0.4, 0.5) is 4.39 Å². The Kier molecular flexibility index (Phi) is 5.25. The lowest BCUT2D eigenvalue weighted by Gasteiger charge is -2.08. The molecule has 0 aliphatic heterocycles. The second kappa shape index (κ2) is 7.36. The molecule has 5 heteroatoms. The summed E-state index contributed by atoms with van der Waals surface area (Å²) in [6.45, 7) is 1.89. The van der Waals surface area contributed by atoms with Gasteiger partial charge in [-0.05, 0) is 30.7 Å². The van der Waals surface area contributed by atoms with E-state index in [2.05, 4.69) is 4.74 Å². The molecule has 2 aromatic rings. The average Bonchev–Trinajstić information content (AvgIpc) is 2.54. The van der Waals surface area contributed by atoms with Gasteiger partial charge in [-0.1, -0.05) is 30.3 Å². The van der Waals surface area contributed by atoms with Gasteiger partial charge in [0.2, 0.25) is 0 Å². The Labute approximate surface area is 127 Å². The molecule has 114 valence electrons. The molecule has 0 unspecified atom stereocenters. The number of benzene rings is 2. The first-order valence-electron chi connectivity index (χ1n) is 6.79. The van der Waals surface area contributed by atoms with E-state index < -0.39 is 17.6 Å². The molecule has 22 heavy (non-hydrogen) atoms. The van der Waals surface area contributed by atoms with Gasteiger partial charge in [-0.3, -0.25) is 4.79 Å². The van der Waals surface area contributed by atoms with Crippen LogP contribution in [0, 0.1) is 5.82 Å². The smallest absolute Gasteiger partial charge is 0.379 e. The summed E-state index contributed by atoms with van der Waals surface area (Å²) >= 11 is 0. The van der Waals surface area contributed by atoms with Gasteiger partial charge in [-0.15, -0.1) is 0 Å². The lowest BCUT2D eigenvalue weighted by atomic mass is 10.1. The molecule has 0 bridgehead atoms. The third-order valence-electron chi connectivity index (χ3n) is 2.89. The molecule has 2 rings (SSSR count). The van der Waals surface area contributed by atoms with Gasteiger partial charge in [0.1, 0.15) is 6.61 Å². The third kappa shape index (κ3) is 3.91. The van der Waals surface area contributed by atoms with Crippen LogP contribution in [0.25, 0.3) is 0 Å². The van der Waals surface area contributed by atoms with Gasteiger partial charge in [0, 0.05) is 5.56 Å². The van der Waals surface area contributed by atoms with Gasteiger partial charge in [-0.2, -0.15) is 0 Å². The van der Waals surface area contributed by atoms with Crippen LogP contribution in [0.15, 0.2) is 48.5 Å². The second-order valence-corrected chi connectivity index (χ2v) is 4.47. The minimum absolute atomic E-state index is 0.0178. The van der Waals surface area contributed by atoms with Gasteiger partial charge in [0.15, 0.2) is 11.6 Å². The minimum atomic E-state index is -1.00. The van der Waals surface area contributed by atoms with Crippen LogP contribution >= 0.6 is 0 Å². The van der Waals surface area contributed by atoms with Crippen molar-refractivity contribution in [1.29, 1.82) is 0 Å². The van der Waals surface area contributed by atoms with Crippen molar-refractivity contribution in [2.45, 2.75) is 13.5 Å². The predicted molar refractivity (Wildman–Crippen MR) is 78.1 cm³/mol. The lowest BCUT2D eigenvalue weighted by molar-refractivity contribution is -0.137. The first kappa shape index (κ1) is 15.7. The zero-order chi connectivity index (χ0) is 15.9. The maximum atomic E-state index is 13.9. The van der Waals surface area contributed by atoms with Crippen molar-refractivity contribution >= 4 is 11.8 Å². The SMILES string of the molecule is CCOC(=O)C(=O)c1ccc(OCc2ccccc2)c(F)c1. The monoisotopic (exact) mass is 302 g/mol. The summed E-state index contributed by atoms with van der Waals surface area (Å²) in [6.07, 6.45) is 0. The number of rotatable bonds is 6. The number of carbonyl (C=O) groups excluding carboxylic acids is 2. The van der Waals surface area contributed by atoms with Crippen molar-refractivity contribution in [2.75, 3.05) is 6.61 Å². The Hall–Kier alpha value is -2.69. The molecule has 0 amide bonds. The molecule has 0 saturated heterocycles. The van der Waals surface area contributed by atoms with Crippen molar-refractivity contribution in [2.24, 2.45) is 0 Å². The van der Waals surface area contributed by atoms with Gasteiger partial charge in [0.05, 0.1) is 6.61 Å². The van der Waals surface area contributed by atoms with E-state index in [0.29, 0.717) is 0 Å². The van der Waals surface area contributed by atoms with Gasteiger partial charge in [-0.25, -0.2) is 9.18 Å². The minimum Gasteiger partial charge on any atom is -0.486 e. The van der Waals surface area contributed by atoms with Crippen LogP contribution in [0.2, 0.25) is 0 Å². The number of esters is 1. The van der Waals surface area contributed by atoms with E-state index in [4.69, 9.17) is 4.74 Å². The summed E-state index contributed by atoms with van der Waals surface area (Å²) < 4.78 is 23.9. The number of halogens is 1. The van der Waals surface area contributed by atoms with Crippen LogP contribution in [0.5, 0.6) is 5.75 Å². The van der Waals surface area contributed by atoms with Crippen molar-refractivity contribution < 1.29 is 23.5 Å². The largest absolute Gasteiger partial charge is 0.486 e. The fourth-order valence-electron chi connectivity index (χ4n) is 1.81. The molecule has 2 aromatic carbocycles. The number of hydrogen-bond acceptors (Lipinski definition) is 4. The quantitative estimate of drug-likeness (QED) is 0.467. The molecule has 0 aliphatic rings. The number of hydrogen-bond donors (Lipinski definition) is 0. The Bertz CT molecular complexity index is 668. The molecular weight excluding hydrogens is 287 g/mol. The van der Waals surface area contributed by atoms with Crippen molar-refractivity contribution in [3.63, 3.8) is 0 Å². The summed E-state index contributed by atoms with van der Waals surface area (Å²) in [5.74, 6) is -2.56. The van der Waals surface area contributed by atoms with Crippen LogP contribution in [-0.4, -0.2) is 18.4 Å². The highest BCUT2D eigenvalue weighted by Crippen LogP contribution is 2.20. The average molecular weight is 302 g/mol. The van der Waals surface area contributed by atoms with Crippen molar-refractivity contribution in [1.82, 2.24) is 0 Å². The van der Waals surface area contributed by atoms with E-state index in [9.17, 15) is 14.0 Å². The number of ether oxygens (including phenoxy) is 2. The predicted octanol–water partition coefficient (Wildman–Crippen LogP) is 3.15. The van der Waals surface area contributed by atoms with E-state index in [-0.39, 0.29) is 24.5 Å². The first-order valence-corrected chi connectivity index (χ1v) is 6.79. The maximum absolute atomic E-state index is 13.9. The summed E-state index contributed by atoms with van der Waals surface area (Å²) in [5, 5.41) is 0. The summed E-state index contributed by atoms with van der Waals surface area (Å²) in [7, 11) is 0. The van der Waals surface area contributed by atoms with Crippen LogP contribution in [0.1, 0.15) is 22.8 Å². The Morgan fingerprint density at radius 2 is 1.82 bits per heavy atom. The molecule has 0 aromatic heterocycles. The summed E-state index contributed by atoms with van der Waals surface area (Å²) in [4.78, 5) is 23.0. The zero-order valence-corrected chi connectivity index (χ0v) is 12.0. The standard InChI is InChI=1S/C17H15FO4/c1-2-21-17(20)16(19)13-8-9-15(14(18)10-13)22-11-12-6-4-3-5-7-12/h3-10H,2,11H2,1H3. The van der Waals surface area contributed by atoms with Gasteiger partial charge >= 0.3 is 5.97 Å². The highest BCUT2D eigenvalue weighted by Gasteiger charge is 2.19. The maximum Gasteiger partial charge on any atom is 0.379 e. The van der Waals surface area contributed by atoms with Crippen LogP contribution in [0.3, 0.4) is 0 Å². The second-order valence-electron chi connectivity index (χ2n) is 4.47. The molecule has 0 aliphatic carbocycles. The highest BCUT2D eigenvalue weighted by molar-refractivity contribution is 6.40. The van der Waals surface area contributed by atoms with E-state index >= 15 is 0 Å². The lowest BCUT2D eigenvalue weighted by Crippen LogP contribution is -2.17. The molecule has 0 heterocycles. The highest BCUT2D eigenvalue weighted by atomic mass is 19.1. The topological polar surface area (TPSA) is 52.6 Å². The van der Waals surface area contributed by atoms with Crippen molar-refractivity contribution in [3.05, 3.63) is 65.5 Å². The molecule has 4 nitrogen and oxygen atoms in total. The number of ketones is 1. The fourth-order valence-corrected chi connectivity index (χ4v) is 1.81. The molecule has 0 saturated carbocycles. The van der Waals surface area contributed by atoms with Gasteiger partial charge < -0.3 is 9.47 Å². The zero-order valence-electron chi connectivity index (χ0n) is 12.0. The fraction of sp³-hybridized carbons (Fsp3) is 0.176. The van der Waals surface area contributed by atoms with E-state index in [1.807, 2.05) is 30.3 Å². The van der Waals surface area contributed by atoms with E-state index in [0.717, 1.165) is 11.6 Å². The van der Waals surface area contributed by atoms with Crippen LogP contribution < -0.4 is 4.74 Å². The van der Waals surface area contributed by atoms with E-state index in [1.165, 1.54) is 12.1 Å². The summed E-state index contributed by atoms with van der Waals surface area (Å²) in [5.41, 5.74) is 0.830. The first-order chi connectivity index (χ1) is 10.6. The molecule has 0 spiro atoms. The van der Waals surface area contributed by atoms with E-state index in [1.54, 1.807) is 6.92 Å². The molecule has 0 radical (unpaired) electrons. The molecule has 0 N–H and O–H groups in total. The third-order valence-corrected chi connectivity index (χ3v) is 2.89. The normalized spacial score (nSPS) is 10.1. The Morgan fingerprint density at radius 1 is 1.09 bits per heavy atom. The molecule has 0 fully saturated rings.